The van der Waals surface area contributed by atoms with Gasteiger partial charge in [0.2, 0.25) is 5.91 Å². The molecule has 0 unspecified atom stereocenters. The Morgan fingerprint density at radius 1 is 1.18 bits per heavy atom. The van der Waals surface area contributed by atoms with Gasteiger partial charge in [-0.2, -0.15) is 0 Å². The van der Waals surface area contributed by atoms with Gasteiger partial charge in [-0.15, -0.1) is 0 Å². The molecule has 0 N–H and O–H groups in total. The van der Waals surface area contributed by atoms with E-state index in [1.807, 2.05) is 60.7 Å². The van der Waals surface area contributed by atoms with Crippen molar-refractivity contribution in [2.24, 2.45) is 10.9 Å². The predicted molar refractivity (Wildman–Crippen MR) is 108 cm³/mol. The lowest BCUT2D eigenvalue weighted by atomic mass is 10.0. The first kappa shape index (κ1) is 19.4. The quantitative estimate of drug-likeness (QED) is 0.710. The number of amides is 2. The van der Waals surface area contributed by atoms with E-state index in [0.29, 0.717) is 17.1 Å². The summed E-state index contributed by atoms with van der Waals surface area (Å²) < 4.78 is 10.3. The van der Waals surface area contributed by atoms with E-state index in [4.69, 9.17) is 9.47 Å². The van der Waals surface area contributed by atoms with Crippen LogP contribution in [0.3, 0.4) is 0 Å². The summed E-state index contributed by atoms with van der Waals surface area (Å²) in [5, 5.41) is 0. The zero-order valence-electron chi connectivity index (χ0n) is 15.9. The molecule has 0 aliphatic carbocycles. The van der Waals surface area contributed by atoms with Gasteiger partial charge in [0.05, 0.1) is 25.3 Å². The molecule has 2 amide bonds. The summed E-state index contributed by atoms with van der Waals surface area (Å²) in [4.78, 5) is 30.4. The van der Waals surface area contributed by atoms with E-state index < -0.39 is 12.0 Å². The Labute approximate surface area is 164 Å². The predicted octanol–water partition coefficient (Wildman–Crippen LogP) is 4.10. The number of nitrogens with zero attached hydrogens (tertiary/aromatic N) is 2. The maximum atomic E-state index is 12.8. The number of cyclic esters (lactones) is 1. The normalized spacial score (nSPS) is 15.6. The van der Waals surface area contributed by atoms with Crippen molar-refractivity contribution in [1.82, 2.24) is 4.90 Å². The average molecular weight is 378 g/mol. The number of hydrogen-bond acceptors (Lipinski definition) is 5. The molecule has 1 heterocycles. The maximum Gasteiger partial charge on any atom is 0.416 e. The smallest absolute Gasteiger partial charge is 0.416 e. The van der Waals surface area contributed by atoms with Crippen LogP contribution in [-0.2, 0) is 9.53 Å². The second kappa shape index (κ2) is 8.99. The molecule has 0 spiro atoms. The Kier molecular flexibility index (Phi) is 6.22. The highest BCUT2D eigenvalue weighted by Gasteiger charge is 2.33. The number of para-hydroxylation sites is 2. The van der Waals surface area contributed by atoms with Crippen molar-refractivity contribution in [3.63, 3.8) is 0 Å². The second-order valence-corrected chi connectivity index (χ2v) is 6.28. The molecule has 0 aromatic heterocycles. The number of allylic oxidation sites excluding steroid dienone is 1. The number of rotatable bonds is 6. The molecule has 2 aromatic carbocycles. The summed E-state index contributed by atoms with van der Waals surface area (Å²) in [6, 6.07) is 17.1. The third-order valence-corrected chi connectivity index (χ3v) is 4.42. The fourth-order valence-corrected chi connectivity index (χ4v) is 2.84. The van der Waals surface area contributed by atoms with Crippen molar-refractivity contribution in [3.8, 4) is 5.75 Å². The third-order valence-electron chi connectivity index (χ3n) is 4.42. The number of hydrogen-bond donors (Lipinski definition) is 0. The third kappa shape index (κ3) is 4.46. The topological polar surface area (TPSA) is 68.2 Å². The summed E-state index contributed by atoms with van der Waals surface area (Å²) in [6.45, 7) is 2.21. The Morgan fingerprint density at radius 3 is 2.57 bits per heavy atom. The number of methoxy groups -OCH3 is 1. The summed E-state index contributed by atoms with van der Waals surface area (Å²) in [7, 11) is 1.57. The van der Waals surface area contributed by atoms with Crippen LogP contribution >= 0.6 is 0 Å². The van der Waals surface area contributed by atoms with Gasteiger partial charge in [0.25, 0.3) is 0 Å². The fraction of sp³-hybridized carbons (Fsp3) is 0.227. The van der Waals surface area contributed by atoms with Crippen LogP contribution in [0.4, 0.5) is 10.5 Å². The second-order valence-electron chi connectivity index (χ2n) is 6.28. The number of ether oxygens (including phenoxy) is 2. The van der Waals surface area contributed by atoms with Crippen LogP contribution in [0, 0.1) is 5.92 Å². The fourth-order valence-electron chi connectivity index (χ4n) is 2.84. The van der Waals surface area contributed by atoms with Crippen LogP contribution in [-0.4, -0.2) is 42.9 Å². The summed E-state index contributed by atoms with van der Waals surface area (Å²) in [5.74, 6) is -0.363. The number of aliphatic imine (C=N–C) groups is 1. The number of carbonyl (C=O) groups is 2. The molecule has 1 fully saturated rings. The molecule has 144 valence electrons. The number of carbonyl (C=O) groups excluding carboxylic acids is 2. The van der Waals surface area contributed by atoms with Crippen molar-refractivity contribution in [3.05, 3.63) is 66.2 Å². The molecule has 0 saturated carbocycles. The van der Waals surface area contributed by atoms with Crippen molar-refractivity contribution in [2.75, 3.05) is 20.3 Å². The Balaban J connectivity index is 1.96. The Bertz CT molecular complexity index is 906. The van der Waals surface area contributed by atoms with Gasteiger partial charge in [-0.05, 0) is 30.7 Å². The molecule has 1 atom stereocenters. The van der Waals surface area contributed by atoms with Gasteiger partial charge >= 0.3 is 6.09 Å². The molecule has 6 nitrogen and oxygen atoms in total. The average Bonchev–Trinajstić information content (AvgIpc) is 3.17. The minimum Gasteiger partial charge on any atom is -0.494 e. The summed E-state index contributed by atoms with van der Waals surface area (Å²) in [5.41, 5.74) is 2.12. The zero-order chi connectivity index (χ0) is 19.9. The molecule has 1 saturated heterocycles. The molecule has 1 aliphatic rings. The Hall–Kier alpha value is -3.41. The van der Waals surface area contributed by atoms with Gasteiger partial charge in [0.15, 0.2) is 0 Å². The van der Waals surface area contributed by atoms with Gasteiger partial charge in [-0.3, -0.25) is 4.79 Å². The van der Waals surface area contributed by atoms with Gasteiger partial charge in [-0.1, -0.05) is 48.5 Å². The molecule has 1 aliphatic heterocycles. The van der Waals surface area contributed by atoms with Crippen molar-refractivity contribution in [1.29, 1.82) is 0 Å². The van der Waals surface area contributed by atoms with Crippen molar-refractivity contribution >= 4 is 29.5 Å². The highest BCUT2D eigenvalue weighted by Crippen LogP contribution is 2.28. The molecule has 28 heavy (non-hydrogen) atoms. The van der Waals surface area contributed by atoms with Crippen molar-refractivity contribution < 1.29 is 19.1 Å². The van der Waals surface area contributed by atoms with E-state index in [9.17, 15) is 9.59 Å². The molecule has 6 heteroatoms. The zero-order valence-corrected chi connectivity index (χ0v) is 15.9. The largest absolute Gasteiger partial charge is 0.494 e. The van der Waals surface area contributed by atoms with E-state index in [-0.39, 0.29) is 19.1 Å². The summed E-state index contributed by atoms with van der Waals surface area (Å²) >= 11 is 0. The first-order valence-corrected chi connectivity index (χ1v) is 9.03. The van der Waals surface area contributed by atoms with Gasteiger partial charge in [0.1, 0.15) is 18.0 Å². The highest BCUT2D eigenvalue weighted by atomic mass is 16.6. The SMILES string of the molecule is COc1ccccc1N=C(/C=C/c1ccccc1)[C@H](C)C(=O)N1CCOC1=O. The van der Waals surface area contributed by atoms with Gasteiger partial charge in [0, 0.05) is 0 Å². The number of benzene rings is 2. The van der Waals surface area contributed by atoms with Crippen LogP contribution in [0.15, 0.2) is 65.7 Å². The van der Waals surface area contributed by atoms with Crippen LogP contribution in [0.2, 0.25) is 0 Å². The minimum atomic E-state index is -0.629. The van der Waals surface area contributed by atoms with E-state index in [1.54, 1.807) is 20.1 Å². The number of imide groups is 1. The van der Waals surface area contributed by atoms with E-state index in [1.165, 1.54) is 0 Å². The van der Waals surface area contributed by atoms with Crippen molar-refractivity contribution in [2.45, 2.75) is 6.92 Å². The van der Waals surface area contributed by atoms with E-state index in [2.05, 4.69) is 4.99 Å². The maximum absolute atomic E-state index is 12.8. The van der Waals surface area contributed by atoms with Crippen LogP contribution < -0.4 is 4.74 Å². The molecular formula is C22H22N2O4. The molecule has 3 rings (SSSR count). The lowest BCUT2D eigenvalue weighted by molar-refractivity contribution is -0.129. The lowest BCUT2D eigenvalue weighted by Gasteiger charge is -2.17. The first-order chi connectivity index (χ1) is 13.6. The standard InChI is InChI=1S/C22H22N2O4/c1-16(21(25)24-14-15-28-22(24)26)18(13-12-17-8-4-3-5-9-17)23-19-10-6-7-11-20(19)27-2/h3-13,16H,14-15H2,1-2H3/b13-12+,23-18?/t16-/m0/s1. The lowest BCUT2D eigenvalue weighted by Crippen LogP contribution is -2.38. The Morgan fingerprint density at radius 2 is 1.89 bits per heavy atom. The van der Waals surface area contributed by atoms with Crippen LogP contribution in [0.5, 0.6) is 5.75 Å². The van der Waals surface area contributed by atoms with Gasteiger partial charge < -0.3 is 9.47 Å². The minimum absolute atomic E-state index is 0.218. The van der Waals surface area contributed by atoms with E-state index >= 15 is 0 Å². The molecule has 2 aromatic rings. The van der Waals surface area contributed by atoms with E-state index in [0.717, 1.165) is 10.5 Å². The van der Waals surface area contributed by atoms with Crippen LogP contribution in [0.25, 0.3) is 6.08 Å². The van der Waals surface area contributed by atoms with Gasteiger partial charge in [-0.25, -0.2) is 14.7 Å². The first-order valence-electron chi connectivity index (χ1n) is 9.03. The highest BCUT2D eigenvalue weighted by molar-refractivity contribution is 6.14. The monoisotopic (exact) mass is 378 g/mol. The molecular weight excluding hydrogens is 356 g/mol. The van der Waals surface area contributed by atoms with Crippen LogP contribution in [0.1, 0.15) is 12.5 Å². The molecule has 0 radical (unpaired) electrons. The molecule has 0 bridgehead atoms. The summed E-state index contributed by atoms with van der Waals surface area (Å²) in [6.07, 6.45) is 3.08.